The zero-order valence-electron chi connectivity index (χ0n) is 21.2. The number of hydrogen-bond donors (Lipinski definition) is 2. The third-order valence-corrected chi connectivity index (χ3v) is 8.07. The summed E-state index contributed by atoms with van der Waals surface area (Å²) in [6.07, 6.45) is 3.73. The number of carbonyl (C=O) groups is 3. The number of likely N-dealkylation sites (tertiary alicyclic amines) is 1. The van der Waals surface area contributed by atoms with Gasteiger partial charge in [0, 0.05) is 37.3 Å². The highest BCUT2D eigenvalue weighted by Crippen LogP contribution is 2.23. The molecule has 0 radical (unpaired) electrons. The molecular weight excluding hydrogens is 479 g/mol. The second-order valence-corrected chi connectivity index (χ2v) is 10.7. The molecule has 4 aliphatic rings. The first kappa shape index (κ1) is 26.2. The average molecular weight is 517 g/mol. The minimum atomic E-state index is -0.354. The highest BCUT2D eigenvalue weighted by atomic mass is 19.1. The Kier molecular flexibility index (Phi) is 8.49. The van der Waals surface area contributed by atoms with Crippen LogP contribution < -0.4 is 10.6 Å². The molecule has 0 spiro atoms. The summed E-state index contributed by atoms with van der Waals surface area (Å²) < 4.78 is 24.5. The largest absolute Gasteiger partial charge is 0.381 e. The number of ketones is 1. The number of benzene rings is 1. The van der Waals surface area contributed by atoms with Gasteiger partial charge < -0.3 is 19.7 Å². The third kappa shape index (κ3) is 6.54. The lowest BCUT2D eigenvalue weighted by molar-refractivity contribution is -0.140. The molecule has 0 bridgehead atoms. The van der Waals surface area contributed by atoms with Gasteiger partial charge in [0.25, 0.3) is 0 Å². The van der Waals surface area contributed by atoms with Gasteiger partial charge in [-0.15, -0.1) is 0 Å². The van der Waals surface area contributed by atoms with E-state index in [2.05, 4.69) is 15.5 Å². The lowest BCUT2D eigenvalue weighted by atomic mass is 9.89. The molecule has 1 aromatic rings. The second kappa shape index (κ2) is 12.0. The van der Waals surface area contributed by atoms with Gasteiger partial charge >= 0.3 is 0 Å². The van der Waals surface area contributed by atoms with Crippen molar-refractivity contribution < 1.29 is 28.2 Å². The number of Topliss-reactive ketones (excluding diaryl/α,β-unsaturated/α-hetero) is 1. The number of hydrogen-bond acceptors (Lipinski definition) is 7. The fourth-order valence-electron chi connectivity index (χ4n) is 5.90. The van der Waals surface area contributed by atoms with Crippen LogP contribution in [0.15, 0.2) is 24.3 Å². The topological polar surface area (TPSA) is 100 Å². The molecule has 202 valence electrons. The van der Waals surface area contributed by atoms with Crippen LogP contribution in [-0.4, -0.2) is 98.3 Å². The number of halogens is 1. The maximum atomic E-state index is 13.5. The fraction of sp³-hybridized carbons (Fsp3) is 0.667. The summed E-state index contributed by atoms with van der Waals surface area (Å²) >= 11 is 0. The van der Waals surface area contributed by atoms with E-state index in [0.29, 0.717) is 64.4 Å². The van der Waals surface area contributed by atoms with E-state index in [1.807, 2.05) is 4.90 Å². The van der Waals surface area contributed by atoms with Crippen molar-refractivity contribution in [3.63, 3.8) is 0 Å². The van der Waals surface area contributed by atoms with Crippen LogP contribution in [0.2, 0.25) is 0 Å². The zero-order valence-corrected chi connectivity index (χ0v) is 21.2. The smallest absolute Gasteiger partial charge is 0.236 e. The summed E-state index contributed by atoms with van der Waals surface area (Å²) in [5, 5.41) is 6.54. The summed E-state index contributed by atoms with van der Waals surface area (Å²) in [7, 11) is 0. The summed E-state index contributed by atoms with van der Waals surface area (Å²) in [5.74, 6) is -0.639. The van der Waals surface area contributed by atoms with E-state index >= 15 is 0 Å². The van der Waals surface area contributed by atoms with E-state index in [4.69, 9.17) is 9.47 Å². The lowest BCUT2D eigenvalue weighted by Crippen LogP contribution is -2.67. The number of nitrogens with zero attached hydrogens (tertiary/aromatic N) is 2. The molecular formula is C27H37FN4O5. The van der Waals surface area contributed by atoms with Crippen LogP contribution >= 0.6 is 0 Å². The molecule has 3 unspecified atom stereocenters. The first-order valence-electron chi connectivity index (χ1n) is 13.5. The highest BCUT2D eigenvalue weighted by Gasteiger charge is 2.39. The lowest BCUT2D eigenvalue weighted by Gasteiger charge is -2.42. The first-order chi connectivity index (χ1) is 18.0. The maximum Gasteiger partial charge on any atom is 0.236 e. The monoisotopic (exact) mass is 516 g/mol. The minimum Gasteiger partial charge on any atom is -0.381 e. The van der Waals surface area contributed by atoms with Gasteiger partial charge in [0.1, 0.15) is 5.82 Å². The predicted molar refractivity (Wildman–Crippen MR) is 133 cm³/mol. The summed E-state index contributed by atoms with van der Waals surface area (Å²) in [6.45, 7) is 4.23. The Balaban J connectivity index is 1.16. The average Bonchev–Trinajstić information content (AvgIpc) is 3.42. The van der Waals surface area contributed by atoms with Crippen LogP contribution in [0.4, 0.5) is 4.39 Å². The van der Waals surface area contributed by atoms with Gasteiger partial charge in [0.2, 0.25) is 11.8 Å². The Morgan fingerprint density at radius 1 is 1.05 bits per heavy atom. The maximum absolute atomic E-state index is 13.5. The van der Waals surface area contributed by atoms with Crippen molar-refractivity contribution in [2.45, 2.75) is 50.4 Å². The summed E-state index contributed by atoms with van der Waals surface area (Å²) in [5.41, 5.74) is 0.535. The highest BCUT2D eigenvalue weighted by molar-refractivity contribution is 5.97. The number of piperidine rings is 1. The van der Waals surface area contributed by atoms with Crippen LogP contribution in [0.5, 0.6) is 0 Å². The molecule has 1 aromatic carbocycles. The van der Waals surface area contributed by atoms with Crippen molar-refractivity contribution >= 4 is 17.6 Å². The van der Waals surface area contributed by atoms with Crippen LogP contribution in [-0.2, 0) is 19.1 Å². The molecule has 2 N–H and O–H groups in total. The van der Waals surface area contributed by atoms with Gasteiger partial charge in [-0.25, -0.2) is 4.39 Å². The predicted octanol–water partition coefficient (Wildman–Crippen LogP) is 1.18. The molecule has 0 saturated carbocycles. The zero-order chi connectivity index (χ0) is 25.8. The van der Waals surface area contributed by atoms with Gasteiger partial charge in [-0.1, -0.05) is 0 Å². The Labute approximate surface area is 217 Å². The first-order valence-corrected chi connectivity index (χ1v) is 13.5. The Morgan fingerprint density at radius 2 is 1.84 bits per heavy atom. The van der Waals surface area contributed by atoms with Crippen molar-refractivity contribution in [3.05, 3.63) is 35.6 Å². The van der Waals surface area contributed by atoms with Gasteiger partial charge in [-0.05, 0) is 69.5 Å². The van der Waals surface area contributed by atoms with Crippen molar-refractivity contribution in [1.82, 2.24) is 20.4 Å². The Morgan fingerprint density at radius 3 is 2.57 bits per heavy atom. The molecule has 0 aliphatic carbocycles. The van der Waals surface area contributed by atoms with Gasteiger partial charge in [-0.2, -0.15) is 0 Å². The number of carbonyl (C=O) groups excluding carboxylic acids is 3. The van der Waals surface area contributed by atoms with Crippen molar-refractivity contribution in [2.24, 2.45) is 11.8 Å². The number of ether oxygens (including phenoxy) is 2. The molecule has 0 aromatic heterocycles. The Hall–Kier alpha value is -2.40. The van der Waals surface area contributed by atoms with E-state index in [9.17, 15) is 18.8 Å². The Bertz CT molecular complexity index is 962. The standard InChI is InChI=1S/C27H37FN4O5/c28-20-5-3-18(4-6-20)26(34)19-7-10-31(11-8-19)16-25(33)32(14-21-2-1-12-37-21)15-24-29-23-9-13-36-17-22(23)27(35)30-24/h3-6,19,21-24,29H,1-2,7-17H2,(H,30,35)/t21-,22?,23?,24?/m1/s1. The van der Waals surface area contributed by atoms with E-state index in [1.165, 1.54) is 24.3 Å². The number of fused-ring (bicyclic) bond motifs is 1. The van der Waals surface area contributed by atoms with Crippen LogP contribution in [0.1, 0.15) is 42.5 Å². The second-order valence-electron chi connectivity index (χ2n) is 10.7. The molecule has 10 heteroatoms. The van der Waals surface area contributed by atoms with Crippen molar-refractivity contribution in [2.75, 3.05) is 52.5 Å². The molecule has 9 nitrogen and oxygen atoms in total. The normalized spacial score (nSPS) is 28.9. The summed E-state index contributed by atoms with van der Waals surface area (Å²) in [4.78, 5) is 42.8. The molecule has 4 atom stereocenters. The molecule has 4 aliphatic heterocycles. The van der Waals surface area contributed by atoms with Crippen LogP contribution in [0, 0.1) is 17.7 Å². The van der Waals surface area contributed by atoms with Gasteiger partial charge in [-0.3, -0.25) is 24.6 Å². The quantitative estimate of drug-likeness (QED) is 0.501. The molecule has 4 heterocycles. The van der Waals surface area contributed by atoms with E-state index in [-0.39, 0.29) is 60.1 Å². The van der Waals surface area contributed by atoms with Gasteiger partial charge in [0.15, 0.2) is 5.78 Å². The van der Waals surface area contributed by atoms with Crippen molar-refractivity contribution in [1.29, 1.82) is 0 Å². The minimum absolute atomic E-state index is 0.00367. The SMILES string of the molecule is O=C(c1ccc(F)cc1)C1CCN(CC(=O)N(CC2NC(=O)C3COCCC3N2)C[C@H]2CCCO2)CC1. The molecule has 4 saturated heterocycles. The number of nitrogens with one attached hydrogen (secondary N) is 2. The van der Waals surface area contributed by atoms with Gasteiger partial charge in [0.05, 0.1) is 37.9 Å². The molecule has 37 heavy (non-hydrogen) atoms. The molecule has 5 rings (SSSR count). The van der Waals surface area contributed by atoms with Crippen molar-refractivity contribution in [3.8, 4) is 0 Å². The molecule has 2 amide bonds. The number of rotatable bonds is 8. The fourth-order valence-corrected chi connectivity index (χ4v) is 5.90. The van der Waals surface area contributed by atoms with Crippen LogP contribution in [0.3, 0.4) is 0 Å². The van der Waals surface area contributed by atoms with E-state index < -0.39 is 0 Å². The molecule has 4 fully saturated rings. The van der Waals surface area contributed by atoms with E-state index in [0.717, 1.165) is 19.3 Å². The van der Waals surface area contributed by atoms with E-state index in [1.54, 1.807) is 0 Å². The third-order valence-electron chi connectivity index (χ3n) is 8.07. The number of amides is 2. The summed E-state index contributed by atoms with van der Waals surface area (Å²) in [6, 6.07) is 5.77. The van der Waals surface area contributed by atoms with Crippen LogP contribution in [0.25, 0.3) is 0 Å².